The SMILES string of the molecule is O=C1NC(=O)C(CC(=O)N2CCC(N3CCc4ccccc4C3)CC2)N1. The van der Waals surface area contributed by atoms with Crippen molar-refractivity contribution in [2.24, 2.45) is 0 Å². The van der Waals surface area contributed by atoms with E-state index in [1.54, 1.807) is 0 Å². The molecule has 1 atom stereocenters. The van der Waals surface area contributed by atoms with Crippen LogP contribution < -0.4 is 10.6 Å². The van der Waals surface area contributed by atoms with Crippen molar-refractivity contribution in [3.8, 4) is 0 Å². The van der Waals surface area contributed by atoms with E-state index in [1.165, 1.54) is 11.1 Å². The Balaban J connectivity index is 1.28. The molecule has 0 radical (unpaired) electrons. The maximum atomic E-state index is 12.4. The fourth-order valence-electron chi connectivity index (χ4n) is 4.22. The van der Waals surface area contributed by atoms with E-state index >= 15 is 0 Å². The monoisotopic (exact) mass is 356 g/mol. The van der Waals surface area contributed by atoms with Gasteiger partial charge in [0, 0.05) is 32.2 Å². The van der Waals surface area contributed by atoms with Crippen LogP contribution in [-0.2, 0) is 22.6 Å². The Morgan fingerprint density at radius 2 is 1.81 bits per heavy atom. The Hall–Kier alpha value is -2.41. The van der Waals surface area contributed by atoms with E-state index < -0.39 is 18.0 Å². The maximum Gasteiger partial charge on any atom is 0.322 e. The van der Waals surface area contributed by atoms with Crippen LogP contribution in [0.3, 0.4) is 0 Å². The zero-order chi connectivity index (χ0) is 18.1. The van der Waals surface area contributed by atoms with Gasteiger partial charge in [0.15, 0.2) is 0 Å². The minimum absolute atomic E-state index is 0.0410. The number of fused-ring (bicyclic) bond motifs is 1. The number of piperidine rings is 1. The first-order valence-corrected chi connectivity index (χ1v) is 9.30. The molecule has 1 unspecified atom stereocenters. The Morgan fingerprint density at radius 3 is 2.50 bits per heavy atom. The van der Waals surface area contributed by atoms with Crippen molar-refractivity contribution in [3.63, 3.8) is 0 Å². The van der Waals surface area contributed by atoms with Crippen LogP contribution in [0.5, 0.6) is 0 Å². The first kappa shape index (κ1) is 17.0. The van der Waals surface area contributed by atoms with E-state index in [9.17, 15) is 14.4 Å². The smallest absolute Gasteiger partial charge is 0.322 e. The van der Waals surface area contributed by atoms with Crippen LogP contribution in [0, 0.1) is 0 Å². The molecule has 26 heavy (non-hydrogen) atoms. The summed E-state index contributed by atoms with van der Waals surface area (Å²) >= 11 is 0. The Bertz CT molecular complexity index is 727. The van der Waals surface area contributed by atoms with Gasteiger partial charge >= 0.3 is 6.03 Å². The molecule has 0 aromatic heterocycles. The summed E-state index contributed by atoms with van der Waals surface area (Å²) in [6.07, 6.45) is 3.04. The molecule has 1 aromatic carbocycles. The van der Waals surface area contributed by atoms with E-state index in [2.05, 4.69) is 39.8 Å². The van der Waals surface area contributed by atoms with Crippen molar-refractivity contribution >= 4 is 17.8 Å². The molecule has 3 aliphatic heterocycles. The highest BCUT2D eigenvalue weighted by Gasteiger charge is 2.34. The molecular weight excluding hydrogens is 332 g/mol. The van der Waals surface area contributed by atoms with Crippen LogP contribution in [0.4, 0.5) is 4.79 Å². The fourth-order valence-corrected chi connectivity index (χ4v) is 4.22. The molecular formula is C19H24N4O3. The molecule has 7 nitrogen and oxygen atoms in total. The molecule has 3 aliphatic rings. The lowest BCUT2D eigenvalue weighted by Gasteiger charge is -2.40. The molecule has 0 saturated carbocycles. The quantitative estimate of drug-likeness (QED) is 0.779. The normalized spacial score (nSPS) is 24.2. The van der Waals surface area contributed by atoms with E-state index in [0.717, 1.165) is 32.4 Å². The Labute approximate surface area is 152 Å². The second-order valence-corrected chi connectivity index (χ2v) is 7.32. The van der Waals surface area contributed by atoms with Crippen molar-refractivity contribution in [1.29, 1.82) is 0 Å². The second-order valence-electron chi connectivity index (χ2n) is 7.32. The summed E-state index contributed by atoms with van der Waals surface area (Å²) in [5.41, 5.74) is 2.87. The van der Waals surface area contributed by atoms with Gasteiger partial charge in [-0.05, 0) is 30.4 Å². The number of amides is 4. The summed E-state index contributed by atoms with van der Waals surface area (Å²) in [6.45, 7) is 3.49. The van der Waals surface area contributed by atoms with Gasteiger partial charge < -0.3 is 10.2 Å². The number of nitrogens with one attached hydrogen (secondary N) is 2. The van der Waals surface area contributed by atoms with E-state index in [0.29, 0.717) is 19.1 Å². The van der Waals surface area contributed by atoms with E-state index in [4.69, 9.17) is 0 Å². The van der Waals surface area contributed by atoms with Gasteiger partial charge in [-0.25, -0.2) is 4.79 Å². The molecule has 2 fully saturated rings. The third kappa shape index (κ3) is 3.44. The maximum absolute atomic E-state index is 12.4. The fraction of sp³-hybridized carbons (Fsp3) is 0.526. The largest absolute Gasteiger partial charge is 0.343 e. The third-order valence-corrected chi connectivity index (χ3v) is 5.73. The zero-order valence-electron chi connectivity index (χ0n) is 14.7. The Morgan fingerprint density at radius 1 is 1.08 bits per heavy atom. The number of imide groups is 1. The number of carbonyl (C=O) groups is 3. The van der Waals surface area contributed by atoms with Crippen molar-refractivity contribution in [3.05, 3.63) is 35.4 Å². The predicted octanol–water partition coefficient (Wildman–Crippen LogP) is 0.634. The van der Waals surface area contributed by atoms with Crippen LogP contribution in [0.25, 0.3) is 0 Å². The molecule has 0 spiro atoms. The molecule has 1 aromatic rings. The number of benzene rings is 1. The van der Waals surface area contributed by atoms with Crippen molar-refractivity contribution < 1.29 is 14.4 Å². The van der Waals surface area contributed by atoms with Crippen molar-refractivity contribution in [2.75, 3.05) is 19.6 Å². The van der Waals surface area contributed by atoms with Crippen LogP contribution >= 0.6 is 0 Å². The average molecular weight is 356 g/mol. The van der Waals surface area contributed by atoms with Crippen molar-refractivity contribution in [2.45, 2.75) is 44.3 Å². The summed E-state index contributed by atoms with van der Waals surface area (Å²) in [6, 6.07) is 7.88. The standard InChI is InChI=1S/C19H24N4O3/c24-17(11-16-18(25)21-19(26)20-16)22-9-6-15(7-10-22)23-8-5-13-3-1-2-4-14(13)12-23/h1-4,15-16H,5-12H2,(H2,20,21,25,26). The van der Waals surface area contributed by atoms with Gasteiger partial charge in [0.1, 0.15) is 6.04 Å². The first-order valence-electron chi connectivity index (χ1n) is 9.30. The van der Waals surface area contributed by atoms with E-state index in [-0.39, 0.29) is 12.3 Å². The van der Waals surface area contributed by atoms with Crippen LogP contribution in [-0.4, -0.2) is 59.4 Å². The molecule has 3 heterocycles. The number of carbonyl (C=O) groups excluding carboxylic acids is 3. The molecule has 2 N–H and O–H groups in total. The molecule has 7 heteroatoms. The predicted molar refractivity (Wildman–Crippen MR) is 95.2 cm³/mol. The number of rotatable bonds is 3. The number of hydrogen-bond acceptors (Lipinski definition) is 4. The number of hydrogen-bond donors (Lipinski definition) is 2. The van der Waals surface area contributed by atoms with Gasteiger partial charge in [-0.15, -0.1) is 0 Å². The van der Waals surface area contributed by atoms with Gasteiger partial charge in [-0.3, -0.25) is 19.8 Å². The summed E-state index contributed by atoms with van der Waals surface area (Å²) < 4.78 is 0. The molecule has 2 saturated heterocycles. The zero-order valence-corrected chi connectivity index (χ0v) is 14.7. The molecule has 4 amide bonds. The molecule has 0 aliphatic carbocycles. The van der Waals surface area contributed by atoms with Gasteiger partial charge in [0.05, 0.1) is 6.42 Å². The highest BCUT2D eigenvalue weighted by atomic mass is 16.2. The van der Waals surface area contributed by atoms with Crippen LogP contribution in [0.2, 0.25) is 0 Å². The molecule has 0 bridgehead atoms. The van der Waals surface area contributed by atoms with E-state index in [1.807, 2.05) is 4.90 Å². The van der Waals surface area contributed by atoms with Gasteiger partial charge in [-0.2, -0.15) is 0 Å². The second kappa shape index (κ2) is 7.07. The topological polar surface area (TPSA) is 81.8 Å². The minimum atomic E-state index is -0.730. The highest BCUT2D eigenvalue weighted by molar-refractivity contribution is 6.05. The van der Waals surface area contributed by atoms with Crippen molar-refractivity contribution in [1.82, 2.24) is 20.4 Å². The van der Waals surface area contributed by atoms with Crippen LogP contribution in [0.1, 0.15) is 30.4 Å². The summed E-state index contributed by atoms with van der Waals surface area (Å²) in [5.74, 6) is -0.472. The average Bonchev–Trinajstić information content (AvgIpc) is 2.98. The third-order valence-electron chi connectivity index (χ3n) is 5.73. The lowest BCUT2D eigenvalue weighted by atomic mass is 9.95. The summed E-state index contributed by atoms with van der Waals surface area (Å²) in [7, 11) is 0. The summed E-state index contributed by atoms with van der Waals surface area (Å²) in [4.78, 5) is 39.5. The number of nitrogens with zero attached hydrogens (tertiary/aromatic N) is 2. The molecule has 138 valence electrons. The van der Waals surface area contributed by atoms with Gasteiger partial charge in [0.2, 0.25) is 5.91 Å². The lowest BCUT2D eigenvalue weighted by molar-refractivity contribution is -0.135. The molecule has 4 rings (SSSR count). The number of urea groups is 1. The van der Waals surface area contributed by atoms with Gasteiger partial charge in [-0.1, -0.05) is 24.3 Å². The van der Waals surface area contributed by atoms with Crippen LogP contribution in [0.15, 0.2) is 24.3 Å². The van der Waals surface area contributed by atoms with Gasteiger partial charge in [0.25, 0.3) is 5.91 Å². The summed E-state index contributed by atoms with van der Waals surface area (Å²) in [5, 5.41) is 4.66. The Kier molecular flexibility index (Phi) is 4.63. The number of likely N-dealkylation sites (tertiary alicyclic amines) is 1. The minimum Gasteiger partial charge on any atom is -0.343 e. The highest BCUT2D eigenvalue weighted by Crippen LogP contribution is 2.25. The first-order chi connectivity index (χ1) is 12.6. The lowest BCUT2D eigenvalue weighted by Crippen LogP contribution is -2.49.